The van der Waals surface area contributed by atoms with E-state index in [1.165, 1.54) is 22.9 Å². The number of fused-ring (bicyclic) bond motifs is 2. The molecule has 1 aliphatic carbocycles. The zero-order chi connectivity index (χ0) is 23.6. The fraction of sp³-hybridized carbons (Fsp3) is 0.333. The van der Waals surface area contributed by atoms with Gasteiger partial charge in [-0.15, -0.1) is 0 Å². The molecule has 0 spiro atoms. The second kappa shape index (κ2) is 7.54. The topological polar surface area (TPSA) is 89.5 Å². The van der Waals surface area contributed by atoms with Gasteiger partial charge in [-0.05, 0) is 18.2 Å². The fourth-order valence-electron chi connectivity index (χ4n) is 5.08. The largest absolute Gasteiger partial charge is 0.497 e. The number of aromatic nitrogens is 4. The van der Waals surface area contributed by atoms with Crippen molar-refractivity contribution in [1.82, 2.24) is 19.5 Å². The Morgan fingerprint density at radius 2 is 1.97 bits per heavy atom. The van der Waals surface area contributed by atoms with Crippen LogP contribution in [0.1, 0.15) is 0 Å². The van der Waals surface area contributed by atoms with Gasteiger partial charge in [-0.2, -0.15) is 4.98 Å². The molecule has 174 valence electrons. The Hall–Kier alpha value is -3.95. The van der Waals surface area contributed by atoms with Gasteiger partial charge in [-0.3, -0.25) is 14.3 Å². The van der Waals surface area contributed by atoms with Crippen molar-refractivity contribution in [2.24, 2.45) is 18.9 Å². The summed E-state index contributed by atoms with van der Waals surface area (Å²) >= 11 is 0. The molecule has 6 rings (SSSR count). The van der Waals surface area contributed by atoms with Crippen molar-refractivity contribution in [2.75, 3.05) is 37.0 Å². The minimum absolute atomic E-state index is 0.233. The summed E-state index contributed by atoms with van der Waals surface area (Å²) in [7, 11) is 5.25. The Balaban J connectivity index is 1.22. The first-order chi connectivity index (χ1) is 16.4. The predicted molar refractivity (Wildman–Crippen MR) is 125 cm³/mol. The van der Waals surface area contributed by atoms with Crippen LogP contribution in [0.3, 0.4) is 0 Å². The molecule has 1 aliphatic heterocycles. The molecule has 0 amide bonds. The fourth-order valence-corrected chi connectivity index (χ4v) is 5.08. The number of ether oxygens (including phenoxy) is 1. The molecule has 10 heteroatoms. The average Bonchev–Trinajstić information content (AvgIpc) is 3.16. The maximum absolute atomic E-state index is 14.3. The van der Waals surface area contributed by atoms with Crippen molar-refractivity contribution in [3.8, 4) is 17.0 Å². The molecule has 0 bridgehead atoms. The number of halogens is 1. The Morgan fingerprint density at radius 3 is 2.71 bits per heavy atom. The SMILES string of the molecule is COc1ccc2oc(N3C[C@@H]4[C@H](C3)[C@H]4N(C)c3nc(-c4ccncc4F)cc(=O)n3C)nc2c1. The van der Waals surface area contributed by atoms with Crippen LogP contribution in [-0.4, -0.2) is 52.8 Å². The highest BCUT2D eigenvalue weighted by Crippen LogP contribution is 2.50. The maximum atomic E-state index is 14.3. The van der Waals surface area contributed by atoms with Crippen LogP contribution in [0.4, 0.5) is 16.4 Å². The van der Waals surface area contributed by atoms with E-state index in [1.807, 2.05) is 30.1 Å². The number of methoxy groups -OCH3 is 1. The Bertz CT molecular complexity index is 1450. The number of benzene rings is 1. The van der Waals surface area contributed by atoms with Crippen LogP contribution in [0.2, 0.25) is 0 Å². The lowest BCUT2D eigenvalue weighted by atomic mass is 10.2. The normalized spacial score (nSPS) is 21.1. The van der Waals surface area contributed by atoms with E-state index in [-0.39, 0.29) is 17.2 Å². The number of rotatable bonds is 5. The molecule has 4 aromatic rings. The van der Waals surface area contributed by atoms with E-state index in [9.17, 15) is 9.18 Å². The van der Waals surface area contributed by atoms with Crippen molar-refractivity contribution in [3.63, 3.8) is 0 Å². The predicted octanol–water partition coefficient (Wildman–Crippen LogP) is 2.70. The van der Waals surface area contributed by atoms with Gasteiger partial charge < -0.3 is 19.0 Å². The highest BCUT2D eigenvalue weighted by molar-refractivity contribution is 5.76. The van der Waals surface area contributed by atoms with E-state index < -0.39 is 5.82 Å². The van der Waals surface area contributed by atoms with Gasteiger partial charge in [-0.1, -0.05) is 0 Å². The lowest BCUT2D eigenvalue weighted by Gasteiger charge is -2.25. The summed E-state index contributed by atoms with van der Waals surface area (Å²) in [6, 6.07) is 9.30. The average molecular weight is 462 g/mol. The summed E-state index contributed by atoms with van der Waals surface area (Å²) in [4.78, 5) is 29.9. The van der Waals surface area contributed by atoms with Crippen LogP contribution in [0.15, 0.2) is 51.9 Å². The van der Waals surface area contributed by atoms with Crippen LogP contribution in [0.5, 0.6) is 5.75 Å². The lowest BCUT2D eigenvalue weighted by molar-refractivity contribution is 0.415. The first-order valence-electron chi connectivity index (χ1n) is 11.0. The lowest BCUT2D eigenvalue weighted by Crippen LogP contribution is -2.36. The molecule has 34 heavy (non-hydrogen) atoms. The second-order valence-corrected chi connectivity index (χ2v) is 8.86. The summed E-state index contributed by atoms with van der Waals surface area (Å²) in [5.41, 5.74) is 1.82. The molecule has 9 nitrogen and oxygen atoms in total. The monoisotopic (exact) mass is 462 g/mol. The first kappa shape index (κ1) is 20.6. The number of piperidine rings is 1. The summed E-state index contributed by atoms with van der Waals surface area (Å²) < 4.78 is 27.0. The van der Waals surface area contributed by atoms with Crippen LogP contribution < -0.4 is 20.1 Å². The van der Waals surface area contributed by atoms with Gasteiger partial charge in [0, 0.05) is 69.0 Å². The van der Waals surface area contributed by atoms with E-state index in [2.05, 4.69) is 19.9 Å². The molecular weight excluding hydrogens is 439 g/mol. The molecule has 4 heterocycles. The minimum atomic E-state index is -0.508. The molecule has 1 saturated heterocycles. The standard InChI is InChI=1S/C24H23FN6O3/c1-29-21(32)9-18(14-6-7-26-10-17(14)25)27-23(29)30(2)22-15-11-31(12-16(15)22)24-28-19-8-13(33-3)4-5-20(19)34-24/h4-10,15-16,22H,11-12H2,1-3H3/t15-,16+,22+. The van der Waals surface area contributed by atoms with Crippen molar-refractivity contribution >= 4 is 23.1 Å². The van der Waals surface area contributed by atoms with Crippen molar-refractivity contribution in [2.45, 2.75) is 6.04 Å². The van der Waals surface area contributed by atoms with Gasteiger partial charge in [-0.25, -0.2) is 9.37 Å². The molecule has 2 aliphatic rings. The number of hydrogen-bond donors (Lipinski definition) is 0. The zero-order valence-corrected chi connectivity index (χ0v) is 19.0. The first-order valence-corrected chi connectivity index (χ1v) is 11.0. The third kappa shape index (κ3) is 3.20. The van der Waals surface area contributed by atoms with E-state index in [0.717, 1.165) is 36.1 Å². The number of pyridine rings is 1. The molecule has 1 aromatic carbocycles. The van der Waals surface area contributed by atoms with Crippen LogP contribution >= 0.6 is 0 Å². The highest BCUT2D eigenvalue weighted by Gasteiger charge is 2.59. The second-order valence-electron chi connectivity index (χ2n) is 8.86. The molecule has 2 fully saturated rings. The Morgan fingerprint density at radius 1 is 1.18 bits per heavy atom. The van der Waals surface area contributed by atoms with Crippen LogP contribution in [0, 0.1) is 17.7 Å². The van der Waals surface area contributed by atoms with Gasteiger partial charge in [0.2, 0.25) is 5.95 Å². The quantitative estimate of drug-likeness (QED) is 0.447. The molecule has 3 aromatic heterocycles. The van der Waals surface area contributed by atoms with Gasteiger partial charge >= 0.3 is 0 Å². The molecule has 3 atom stereocenters. The van der Waals surface area contributed by atoms with E-state index in [1.54, 1.807) is 14.2 Å². The van der Waals surface area contributed by atoms with Gasteiger partial charge in [0.1, 0.15) is 11.3 Å². The highest BCUT2D eigenvalue weighted by atomic mass is 19.1. The van der Waals surface area contributed by atoms with Crippen LogP contribution in [-0.2, 0) is 7.05 Å². The number of oxazole rings is 1. The molecule has 1 saturated carbocycles. The van der Waals surface area contributed by atoms with E-state index >= 15 is 0 Å². The van der Waals surface area contributed by atoms with Gasteiger partial charge in [0.15, 0.2) is 11.4 Å². The van der Waals surface area contributed by atoms with Gasteiger partial charge in [0.25, 0.3) is 11.6 Å². The third-order valence-electron chi connectivity index (χ3n) is 6.93. The van der Waals surface area contributed by atoms with E-state index in [0.29, 0.717) is 29.5 Å². The van der Waals surface area contributed by atoms with E-state index in [4.69, 9.17) is 9.15 Å². The van der Waals surface area contributed by atoms with Crippen LogP contribution in [0.25, 0.3) is 22.4 Å². The Kier molecular flexibility index (Phi) is 4.58. The minimum Gasteiger partial charge on any atom is -0.497 e. The molecule has 0 N–H and O–H groups in total. The number of anilines is 2. The summed E-state index contributed by atoms with van der Waals surface area (Å²) in [6.45, 7) is 1.60. The third-order valence-corrected chi connectivity index (χ3v) is 6.93. The molecule has 0 unspecified atom stereocenters. The summed E-state index contributed by atoms with van der Waals surface area (Å²) in [5.74, 6) is 1.54. The van der Waals surface area contributed by atoms with Crippen molar-refractivity contribution in [1.29, 1.82) is 0 Å². The summed E-state index contributed by atoms with van der Waals surface area (Å²) in [5, 5.41) is 0. The smallest absolute Gasteiger partial charge is 0.298 e. The maximum Gasteiger partial charge on any atom is 0.298 e. The van der Waals surface area contributed by atoms with Crippen molar-refractivity contribution in [3.05, 3.63) is 58.9 Å². The van der Waals surface area contributed by atoms with Crippen molar-refractivity contribution < 1.29 is 13.5 Å². The van der Waals surface area contributed by atoms with Gasteiger partial charge in [0.05, 0.1) is 19.0 Å². The number of hydrogen-bond acceptors (Lipinski definition) is 8. The molecule has 0 radical (unpaired) electrons. The zero-order valence-electron chi connectivity index (χ0n) is 19.0. The number of nitrogens with zero attached hydrogens (tertiary/aromatic N) is 6. The molecular formula is C24H23FN6O3. The Labute approximate surface area is 194 Å². The summed E-state index contributed by atoms with van der Waals surface area (Å²) in [6.07, 6.45) is 2.61.